The minimum atomic E-state index is -0.389. The SMILES string of the molecule is CCCn1c(N)c(NCCCCCCO)c(=O)n(C)c1=O. The maximum atomic E-state index is 12.1. The summed E-state index contributed by atoms with van der Waals surface area (Å²) in [5, 5.41) is 11.7. The van der Waals surface area contributed by atoms with Crippen molar-refractivity contribution in [3.63, 3.8) is 0 Å². The van der Waals surface area contributed by atoms with E-state index in [1.807, 2.05) is 6.92 Å². The number of aromatic nitrogens is 2. The molecule has 1 aromatic rings. The van der Waals surface area contributed by atoms with E-state index in [9.17, 15) is 9.59 Å². The molecule has 1 aromatic heterocycles. The highest BCUT2D eigenvalue weighted by atomic mass is 16.3. The molecular formula is C14H26N4O3. The first-order valence-corrected chi connectivity index (χ1v) is 7.48. The molecule has 0 aliphatic rings. The van der Waals surface area contributed by atoms with Crippen LogP contribution in [-0.2, 0) is 13.6 Å². The molecular weight excluding hydrogens is 272 g/mol. The van der Waals surface area contributed by atoms with E-state index in [1.165, 1.54) is 11.6 Å². The topological polar surface area (TPSA) is 102 Å². The smallest absolute Gasteiger partial charge is 0.332 e. The lowest BCUT2D eigenvalue weighted by atomic mass is 10.2. The Labute approximate surface area is 124 Å². The molecule has 0 atom stereocenters. The van der Waals surface area contributed by atoms with Gasteiger partial charge >= 0.3 is 5.69 Å². The molecule has 0 saturated heterocycles. The summed E-state index contributed by atoms with van der Waals surface area (Å²) in [6.07, 6.45) is 4.38. The average Bonchev–Trinajstić information content (AvgIpc) is 2.48. The number of aliphatic hydroxyl groups is 1. The molecule has 1 heterocycles. The number of nitrogens with two attached hydrogens (primary N) is 1. The van der Waals surface area contributed by atoms with E-state index in [-0.39, 0.29) is 23.7 Å². The number of nitrogen functional groups attached to an aromatic ring is 1. The summed E-state index contributed by atoms with van der Waals surface area (Å²) in [6.45, 7) is 3.27. The molecule has 0 amide bonds. The molecule has 1 rings (SSSR count). The second-order valence-electron chi connectivity index (χ2n) is 5.12. The van der Waals surface area contributed by atoms with Crippen LogP contribution in [0.25, 0.3) is 0 Å². The Morgan fingerprint density at radius 1 is 1.19 bits per heavy atom. The molecule has 0 radical (unpaired) electrons. The molecule has 0 bridgehead atoms. The average molecular weight is 298 g/mol. The first-order valence-electron chi connectivity index (χ1n) is 7.48. The lowest BCUT2D eigenvalue weighted by Crippen LogP contribution is -2.40. The molecule has 120 valence electrons. The van der Waals surface area contributed by atoms with E-state index >= 15 is 0 Å². The van der Waals surface area contributed by atoms with Crippen LogP contribution in [0.2, 0.25) is 0 Å². The first kappa shape index (κ1) is 17.3. The van der Waals surface area contributed by atoms with Crippen LogP contribution in [0.15, 0.2) is 9.59 Å². The summed E-state index contributed by atoms with van der Waals surface area (Å²) in [5.74, 6) is 0.209. The minimum absolute atomic E-state index is 0.209. The van der Waals surface area contributed by atoms with Crippen molar-refractivity contribution in [1.82, 2.24) is 9.13 Å². The lowest BCUT2D eigenvalue weighted by molar-refractivity contribution is 0.283. The van der Waals surface area contributed by atoms with E-state index in [0.29, 0.717) is 18.8 Å². The molecule has 0 saturated carbocycles. The van der Waals surface area contributed by atoms with Crippen molar-refractivity contribution in [3.8, 4) is 0 Å². The monoisotopic (exact) mass is 298 g/mol. The van der Waals surface area contributed by atoms with Gasteiger partial charge in [0.2, 0.25) is 0 Å². The zero-order chi connectivity index (χ0) is 15.8. The maximum absolute atomic E-state index is 12.1. The fourth-order valence-corrected chi connectivity index (χ4v) is 2.19. The molecule has 7 heteroatoms. The number of anilines is 2. The fourth-order valence-electron chi connectivity index (χ4n) is 2.19. The highest BCUT2D eigenvalue weighted by molar-refractivity contribution is 5.60. The van der Waals surface area contributed by atoms with Gasteiger partial charge in [-0.3, -0.25) is 13.9 Å². The van der Waals surface area contributed by atoms with Crippen LogP contribution in [0.4, 0.5) is 11.5 Å². The minimum Gasteiger partial charge on any atom is -0.396 e. The van der Waals surface area contributed by atoms with Gasteiger partial charge in [0.1, 0.15) is 11.5 Å². The van der Waals surface area contributed by atoms with Gasteiger partial charge < -0.3 is 16.2 Å². The highest BCUT2D eigenvalue weighted by Crippen LogP contribution is 2.11. The third kappa shape index (κ3) is 4.35. The summed E-state index contributed by atoms with van der Waals surface area (Å²) in [6, 6.07) is 0. The largest absolute Gasteiger partial charge is 0.396 e. The molecule has 4 N–H and O–H groups in total. The van der Waals surface area contributed by atoms with Gasteiger partial charge in [-0.1, -0.05) is 19.8 Å². The lowest BCUT2D eigenvalue weighted by Gasteiger charge is -2.15. The van der Waals surface area contributed by atoms with Crippen molar-refractivity contribution in [3.05, 3.63) is 20.8 Å². The van der Waals surface area contributed by atoms with Gasteiger partial charge in [-0.2, -0.15) is 0 Å². The molecule has 21 heavy (non-hydrogen) atoms. The van der Waals surface area contributed by atoms with Gasteiger partial charge in [0, 0.05) is 26.7 Å². The van der Waals surface area contributed by atoms with Gasteiger partial charge in [0.05, 0.1) is 0 Å². The predicted octanol–water partition coefficient (Wildman–Crippen LogP) is 0.504. The number of unbranched alkanes of at least 4 members (excludes halogenated alkanes) is 3. The third-order valence-electron chi connectivity index (χ3n) is 3.42. The van der Waals surface area contributed by atoms with Crippen molar-refractivity contribution in [1.29, 1.82) is 0 Å². The Hall–Kier alpha value is -1.76. The predicted molar refractivity (Wildman–Crippen MR) is 84.7 cm³/mol. The second-order valence-corrected chi connectivity index (χ2v) is 5.12. The number of aliphatic hydroxyl groups excluding tert-OH is 1. The molecule has 0 aliphatic heterocycles. The summed E-state index contributed by atoms with van der Waals surface area (Å²) in [5.41, 5.74) is 5.48. The number of nitrogens with one attached hydrogen (secondary N) is 1. The fraction of sp³-hybridized carbons (Fsp3) is 0.714. The third-order valence-corrected chi connectivity index (χ3v) is 3.42. The Bertz CT molecular complexity index is 563. The van der Waals surface area contributed by atoms with Crippen molar-refractivity contribution < 1.29 is 5.11 Å². The molecule has 0 aliphatic carbocycles. The zero-order valence-corrected chi connectivity index (χ0v) is 12.9. The van der Waals surface area contributed by atoms with E-state index in [0.717, 1.165) is 36.7 Å². The maximum Gasteiger partial charge on any atom is 0.332 e. The zero-order valence-electron chi connectivity index (χ0n) is 12.9. The summed E-state index contributed by atoms with van der Waals surface area (Å²) in [7, 11) is 1.46. The Morgan fingerprint density at radius 3 is 2.48 bits per heavy atom. The van der Waals surface area contributed by atoms with Crippen molar-refractivity contribution in [2.45, 2.75) is 45.6 Å². The Kier molecular flexibility index (Phi) is 7.01. The van der Waals surface area contributed by atoms with E-state index < -0.39 is 0 Å². The molecule has 0 unspecified atom stereocenters. The molecule has 7 nitrogen and oxygen atoms in total. The van der Waals surface area contributed by atoms with Crippen molar-refractivity contribution in [2.24, 2.45) is 7.05 Å². The van der Waals surface area contributed by atoms with E-state index in [4.69, 9.17) is 10.8 Å². The van der Waals surface area contributed by atoms with Crippen LogP contribution >= 0.6 is 0 Å². The van der Waals surface area contributed by atoms with Gasteiger partial charge in [-0.25, -0.2) is 4.79 Å². The Balaban J connectivity index is 2.82. The van der Waals surface area contributed by atoms with Crippen LogP contribution in [-0.4, -0.2) is 27.4 Å². The van der Waals surface area contributed by atoms with Gasteiger partial charge in [0.15, 0.2) is 0 Å². The quantitative estimate of drug-likeness (QED) is 0.576. The van der Waals surface area contributed by atoms with Crippen LogP contribution in [0, 0.1) is 0 Å². The second kappa shape index (κ2) is 8.51. The summed E-state index contributed by atoms with van der Waals surface area (Å²) < 4.78 is 2.51. The van der Waals surface area contributed by atoms with Crippen LogP contribution in [0.5, 0.6) is 0 Å². The molecule has 0 fully saturated rings. The molecule has 0 aromatic carbocycles. The Morgan fingerprint density at radius 2 is 1.86 bits per heavy atom. The number of nitrogens with zero attached hydrogens (tertiary/aromatic N) is 2. The normalized spacial score (nSPS) is 10.8. The van der Waals surface area contributed by atoms with Crippen LogP contribution < -0.4 is 22.3 Å². The van der Waals surface area contributed by atoms with Crippen LogP contribution in [0.3, 0.4) is 0 Å². The summed E-state index contributed by atoms with van der Waals surface area (Å²) >= 11 is 0. The van der Waals surface area contributed by atoms with Crippen molar-refractivity contribution >= 4 is 11.5 Å². The van der Waals surface area contributed by atoms with Gasteiger partial charge in [-0.05, 0) is 19.3 Å². The van der Waals surface area contributed by atoms with Crippen molar-refractivity contribution in [2.75, 3.05) is 24.2 Å². The van der Waals surface area contributed by atoms with Crippen LogP contribution in [0.1, 0.15) is 39.0 Å². The standard InChI is InChI=1S/C14H26N4O3/c1-3-9-18-12(15)11(13(20)17(2)14(18)21)16-8-6-4-5-7-10-19/h16,19H,3-10,15H2,1-2H3. The first-order chi connectivity index (χ1) is 10.0. The number of hydrogen-bond acceptors (Lipinski definition) is 5. The highest BCUT2D eigenvalue weighted by Gasteiger charge is 2.14. The van der Waals surface area contributed by atoms with E-state index in [2.05, 4.69) is 5.32 Å². The number of rotatable bonds is 9. The van der Waals surface area contributed by atoms with E-state index in [1.54, 1.807) is 0 Å². The number of hydrogen-bond donors (Lipinski definition) is 3. The summed E-state index contributed by atoms with van der Waals surface area (Å²) in [4.78, 5) is 24.1. The van der Waals surface area contributed by atoms with Gasteiger partial charge in [0.25, 0.3) is 5.56 Å². The van der Waals surface area contributed by atoms with Gasteiger partial charge in [-0.15, -0.1) is 0 Å². The molecule has 0 spiro atoms.